The molecule has 9 nitrogen and oxygen atoms in total. The molecule has 0 saturated heterocycles. The summed E-state index contributed by atoms with van der Waals surface area (Å²) in [4.78, 5) is 37.1. The number of amides is 1. The van der Waals surface area contributed by atoms with Gasteiger partial charge in [-0.1, -0.05) is 17.7 Å². The number of benzene rings is 2. The van der Waals surface area contributed by atoms with Crippen LogP contribution in [-0.4, -0.2) is 21.4 Å². The number of pyridine rings is 1. The lowest BCUT2D eigenvalue weighted by Crippen LogP contribution is -2.31. The molecule has 2 N–H and O–H groups in total. The highest BCUT2D eigenvalue weighted by molar-refractivity contribution is 14.1. The number of nitro benzene ring substituents is 1. The van der Waals surface area contributed by atoms with E-state index >= 15 is 0 Å². The molecule has 3 aromatic rings. The third-order valence-electron chi connectivity index (χ3n) is 5.44. The van der Waals surface area contributed by atoms with E-state index < -0.39 is 27.9 Å². The van der Waals surface area contributed by atoms with Crippen molar-refractivity contribution < 1.29 is 18.8 Å². The van der Waals surface area contributed by atoms with Crippen LogP contribution in [-0.2, 0) is 7.05 Å². The van der Waals surface area contributed by atoms with Crippen molar-refractivity contribution in [3.8, 4) is 11.5 Å². The number of nitrogens with one attached hydrogen (secondary N) is 2. The molecule has 0 radical (unpaired) electrons. The van der Waals surface area contributed by atoms with Crippen LogP contribution in [0.2, 0.25) is 5.02 Å². The molecule has 1 aliphatic rings. The maximum absolute atomic E-state index is 14.7. The number of rotatable bonds is 7. The summed E-state index contributed by atoms with van der Waals surface area (Å²) in [6.45, 7) is 1.46. The molecule has 12 heteroatoms. The largest absolute Gasteiger partial charge is 0.454 e. The van der Waals surface area contributed by atoms with Crippen molar-refractivity contribution in [3.05, 3.63) is 82.4 Å². The summed E-state index contributed by atoms with van der Waals surface area (Å²) in [6, 6.07) is 8.40. The van der Waals surface area contributed by atoms with E-state index in [0.29, 0.717) is 3.57 Å². The first-order chi connectivity index (χ1) is 16.6. The van der Waals surface area contributed by atoms with Crippen molar-refractivity contribution in [2.45, 2.75) is 25.8 Å². The maximum Gasteiger partial charge on any atom is 0.291 e. The Labute approximate surface area is 217 Å². The van der Waals surface area contributed by atoms with Gasteiger partial charge in [-0.3, -0.25) is 24.3 Å². The molecule has 1 saturated carbocycles. The summed E-state index contributed by atoms with van der Waals surface area (Å²) in [7, 11) is 1.44. The van der Waals surface area contributed by atoms with Gasteiger partial charge < -0.3 is 15.4 Å². The molecular weight excluding hydrogens is 594 g/mol. The van der Waals surface area contributed by atoms with Crippen LogP contribution in [0.15, 0.2) is 41.2 Å². The molecule has 0 unspecified atom stereocenters. The second-order valence-electron chi connectivity index (χ2n) is 7.99. The summed E-state index contributed by atoms with van der Waals surface area (Å²) >= 11 is 8.16. The van der Waals surface area contributed by atoms with Gasteiger partial charge in [0.15, 0.2) is 16.5 Å². The van der Waals surface area contributed by atoms with E-state index in [4.69, 9.17) is 16.3 Å². The van der Waals surface area contributed by atoms with Gasteiger partial charge in [-0.25, -0.2) is 4.39 Å². The normalized spacial score (nSPS) is 12.8. The number of carbonyl (C=O) groups is 1. The lowest BCUT2D eigenvalue weighted by atomic mass is 10.1. The Morgan fingerprint density at radius 3 is 2.66 bits per heavy atom. The Morgan fingerprint density at radius 1 is 1.31 bits per heavy atom. The first kappa shape index (κ1) is 24.9. The van der Waals surface area contributed by atoms with Gasteiger partial charge in [0.05, 0.1) is 16.2 Å². The fourth-order valence-electron chi connectivity index (χ4n) is 3.43. The van der Waals surface area contributed by atoms with Crippen molar-refractivity contribution in [2.24, 2.45) is 7.05 Å². The van der Waals surface area contributed by atoms with E-state index in [0.717, 1.165) is 12.8 Å². The van der Waals surface area contributed by atoms with Crippen LogP contribution in [0.1, 0.15) is 28.8 Å². The fourth-order valence-corrected chi connectivity index (χ4v) is 4.12. The number of anilines is 2. The summed E-state index contributed by atoms with van der Waals surface area (Å²) in [5, 5.41) is 16.7. The minimum atomic E-state index is -0.667. The summed E-state index contributed by atoms with van der Waals surface area (Å²) in [5.41, 5.74) is -0.849. The number of ether oxygens (including phenoxy) is 1. The lowest BCUT2D eigenvalue weighted by Gasteiger charge is -2.21. The molecule has 1 aliphatic carbocycles. The average molecular weight is 613 g/mol. The standard InChI is InChI=1S/C23H19ClFIN4O5/c1-11-20(35-17-5-3-4-16(19(17)24)30(33)34)18(22(31)27-13-7-8-13)21(29(2)23(11)32)28-15-9-6-12(26)10-14(15)25/h3-6,9-10,13,28H,7-8H2,1-2H3,(H,27,31). The monoisotopic (exact) mass is 612 g/mol. The van der Waals surface area contributed by atoms with E-state index in [1.54, 1.807) is 6.07 Å². The number of carbonyl (C=O) groups excluding carboxylic acids is 1. The van der Waals surface area contributed by atoms with Crippen molar-refractivity contribution in [2.75, 3.05) is 5.32 Å². The van der Waals surface area contributed by atoms with Gasteiger partial charge in [-0.05, 0) is 66.6 Å². The summed E-state index contributed by atoms with van der Waals surface area (Å²) in [5.74, 6) is -1.37. The lowest BCUT2D eigenvalue weighted by molar-refractivity contribution is -0.384. The molecule has 0 atom stereocenters. The molecule has 2 aromatic carbocycles. The zero-order valence-corrected chi connectivity index (χ0v) is 21.4. The number of hydrogen-bond donors (Lipinski definition) is 2. The number of hydrogen-bond acceptors (Lipinski definition) is 6. The molecule has 1 fully saturated rings. The SMILES string of the molecule is Cc1c(Oc2cccc([N+](=O)[O-])c2Cl)c(C(=O)NC2CC2)c(Nc2ccc(I)cc2F)n(C)c1=O. The molecule has 1 amide bonds. The highest BCUT2D eigenvalue weighted by Crippen LogP contribution is 2.40. The van der Waals surface area contributed by atoms with Crippen LogP contribution < -0.4 is 20.9 Å². The van der Waals surface area contributed by atoms with E-state index in [-0.39, 0.29) is 45.2 Å². The Morgan fingerprint density at radius 2 is 2.03 bits per heavy atom. The molecule has 0 bridgehead atoms. The van der Waals surface area contributed by atoms with Crippen molar-refractivity contribution >= 4 is 57.3 Å². The van der Waals surface area contributed by atoms with E-state index in [1.165, 1.54) is 48.9 Å². The van der Waals surface area contributed by atoms with Gasteiger partial charge in [0.2, 0.25) is 0 Å². The Bertz CT molecular complexity index is 1420. The topological polar surface area (TPSA) is 116 Å². The predicted molar refractivity (Wildman–Crippen MR) is 137 cm³/mol. The van der Waals surface area contributed by atoms with Gasteiger partial charge in [0.1, 0.15) is 17.2 Å². The van der Waals surface area contributed by atoms with Crippen molar-refractivity contribution in [1.29, 1.82) is 0 Å². The third kappa shape index (κ3) is 5.10. The molecule has 35 heavy (non-hydrogen) atoms. The molecular formula is C23H19ClFIN4O5. The Kier molecular flexibility index (Phi) is 6.99. The summed E-state index contributed by atoms with van der Waals surface area (Å²) in [6.07, 6.45) is 1.61. The van der Waals surface area contributed by atoms with Gasteiger partial charge in [0.25, 0.3) is 17.2 Å². The minimum Gasteiger partial charge on any atom is -0.454 e. The van der Waals surface area contributed by atoms with Crippen molar-refractivity contribution in [1.82, 2.24) is 9.88 Å². The number of nitrogens with zero attached hydrogens (tertiary/aromatic N) is 2. The average Bonchev–Trinajstić information content (AvgIpc) is 3.62. The quantitative estimate of drug-likeness (QED) is 0.209. The summed E-state index contributed by atoms with van der Waals surface area (Å²) < 4.78 is 22.4. The van der Waals surface area contributed by atoms with Crippen LogP contribution >= 0.6 is 34.2 Å². The highest BCUT2D eigenvalue weighted by Gasteiger charge is 2.31. The van der Waals surface area contributed by atoms with Crippen LogP contribution in [0.4, 0.5) is 21.6 Å². The molecule has 1 heterocycles. The van der Waals surface area contributed by atoms with Gasteiger partial charge in [-0.15, -0.1) is 0 Å². The molecule has 4 rings (SSSR count). The molecule has 0 aliphatic heterocycles. The predicted octanol–water partition coefficient (Wildman–Crippen LogP) is 5.43. The van der Waals surface area contributed by atoms with Crippen LogP contribution in [0.25, 0.3) is 0 Å². The van der Waals surface area contributed by atoms with E-state index in [1.807, 2.05) is 22.6 Å². The molecule has 182 valence electrons. The van der Waals surface area contributed by atoms with E-state index in [9.17, 15) is 24.1 Å². The number of aromatic nitrogens is 1. The van der Waals surface area contributed by atoms with Crippen LogP contribution in [0.3, 0.4) is 0 Å². The van der Waals surface area contributed by atoms with Gasteiger partial charge >= 0.3 is 0 Å². The van der Waals surface area contributed by atoms with Crippen LogP contribution in [0.5, 0.6) is 11.5 Å². The van der Waals surface area contributed by atoms with Crippen molar-refractivity contribution in [3.63, 3.8) is 0 Å². The Hall–Kier alpha value is -3.19. The Balaban J connectivity index is 1.91. The second kappa shape index (κ2) is 9.82. The first-order valence-corrected chi connectivity index (χ1v) is 11.9. The maximum atomic E-state index is 14.7. The van der Waals surface area contributed by atoms with E-state index in [2.05, 4.69) is 10.6 Å². The highest BCUT2D eigenvalue weighted by atomic mass is 127. The minimum absolute atomic E-state index is 0.00425. The molecule has 0 spiro atoms. The zero-order valence-electron chi connectivity index (χ0n) is 18.5. The first-order valence-electron chi connectivity index (χ1n) is 10.5. The van der Waals surface area contributed by atoms with Gasteiger partial charge in [-0.2, -0.15) is 0 Å². The van der Waals surface area contributed by atoms with Gasteiger partial charge in [0, 0.05) is 22.7 Å². The zero-order chi connectivity index (χ0) is 25.4. The number of halogens is 3. The second-order valence-corrected chi connectivity index (χ2v) is 9.61. The fraction of sp³-hybridized carbons (Fsp3) is 0.217. The van der Waals surface area contributed by atoms with Crippen LogP contribution in [0, 0.1) is 26.4 Å². The smallest absolute Gasteiger partial charge is 0.291 e. The molecule has 1 aromatic heterocycles. The third-order valence-corrected chi connectivity index (χ3v) is 6.49. The number of nitro groups is 1.